The molecule has 0 saturated carbocycles. The van der Waals surface area contributed by atoms with Crippen molar-refractivity contribution in [3.8, 4) is 0 Å². The molecular weight excluding hydrogens is 170 g/mol. The van der Waals surface area contributed by atoms with Crippen molar-refractivity contribution >= 4 is 6.16 Å². The first-order chi connectivity index (χ1) is 6.20. The molecule has 1 rings (SSSR count). The van der Waals surface area contributed by atoms with Crippen molar-refractivity contribution in [3.63, 3.8) is 0 Å². The molecule has 4 nitrogen and oxygen atoms in total. The minimum atomic E-state index is -0.657. The standard InChI is InChI=1S/C6H13N.C3H6O3/c1-7-5-3-2-4-6-7;1-5-3(4)6-2/h2-6H2,1H3;1-2H3. The fraction of sp³-hybridized carbons (Fsp3) is 0.889. The second-order valence-electron chi connectivity index (χ2n) is 3.02. The van der Waals surface area contributed by atoms with Crippen LogP contribution in [-0.4, -0.2) is 45.4 Å². The Balaban J connectivity index is 0.000000226. The lowest BCUT2D eigenvalue weighted by atomic mass is 10.1. The van der Waals surface area contributed by atoms with Gasteiger partial charge in [0.1, 0.15) is 0 Å². The van der Waals surface area contributed by atoms with Gasteiger partial charge in [0.05, 0.1) is 14.2 Å². The quantitative estimate of drug-likeness (QED) is 0.541. The van der Waals surface area contributed by atoms with Crippen molar-refractivity contribution < 1.29 is 14.3 Å². The largest absolute Gasteiger partial charge is 0.507 e. The van der Waals surface area contributed by atoms with Crippen LogP contribution in [0.25, 0.3) is 0 Å². The summed E-state index contributed by atoms with van der Waals surface area (Å²) in [6, 6.07) is 0. The van der Waals surface area contributed by atoms with Crippen LogP contribution in [0, 0.1) is 0 Å². The predicted molar refractivity (Wildman–Crippen MR) is 50.8 cm³/mol. The normalized spacial score (nSPS) is 16.8. The average Bonchev–Trinajstić information content (AvgIpc) is 2.19. The van der Waals surface area contributed by atoms with Gasteiger partial charge in [-0.1, -0.05) is 6.42 Å². The molecule has 0 radical (unpaired) electrons. The molecular formula is C9H19NO3. The molecule has 0 N–H and O–H groups in total. The molecule has 4 heteroatoms. The van der Waals surface area contributed by atoms with Gasteiger partial charge in [0.15, 0.2) is 0 Å². The van der Waals surface area contributed by atoms with Crippen LogP contribution in [0.2, 0.25) is 0 Å². The second-order valence-corrected chi connectivity index (χ2v) is 3.02. The Morgan fingerprint density at radius 3 is 1.69 bits per heavy atom. The van der Waals surface area contributed by atoms with Gasteiger partial charge >= 0.3 is 6.16 Å². The van der Waals surface area contributed by atoms with Gasteiger partial charge in [-0.25, -0.2) is 4.79 Å². The van der Waals surface area contributed by atoms with E-state index in [-0.39, 0.29) is 0 Å². The van der Waals surface area contributed by atoms with Gasteiger partial charge in [-0.15, -0.1) is 0 Å². The van der Waals surface area contributed by atoms with Crippen LogP contribution in [0.15, 0.2) is 0 Å². The number of carbonyl (C=O) groups is 1. The van der Waals surface area contributed by atoms with Gasteiger partial charge in [0.2, 0.25) is 0 Å². The highest BCUT2D eigenvalue weighted by molar-refractivity contribution is 5.59. The molecule has 1 saturated heterocycles. The highest BCUT2D eigenvalue weighted by atomic mass is 16.7. The van der Waals surface area contributed by atoms with Gasteiger partial charge in [-0.3, -0.25) is 0 Å². The number of hydrogen-bond donors (Lipinski definition) is 0. The Morgan fingerprint density at radius 1 is 1.08 bits per heavy atom. The molecule has 0 spiro atoms. The van der Waals surface area contributed by atoms with Crippen LogP contribution in [0.1, 0.15) is 19.3 Å². The molecule has 0 aromatic carbocycles. The van der Waals surface area contributed by atoms with Crippen molar-refractivity contribution in [2.75, 3.05) is 34.4 Å². The highest BCUT2D eigenvalue weighted by Crippen LogP contribution is 2.04. The number of nitrogens with zero attached hydrogens (tertiary/aromatic N) is 1. The maximum Gasteiger partial charge on any atom is 0.507 e. The Kier molecular flexibility index (Phi) is 7.39. The molecule has 1 fully saturated rings. The number of carbonyl (C=O) groups excluding carboxylic acids is 1. The highest BCUT2D eigenvalue weighted by Gasteiger charge is 2.02. The number of ether oxygens (including phenoxy) is 2. The van der Waals surface area contributed by atoms with E-state index >= 15 is 0 Å². The van der Waals surface area contributed by atoms with Crippen molar-refractivity contribution in [2.45, 2.75) is 19.3 Å². The first-order valence-electron chi connectivity index (χ1n) is 4.51. The molecule has 0 amide bonds. The third-order valence-electron chi connectivity index (χ3n) is 1.91. The lowest BCUT2D eigenvalue weighted by Crippen LogP contribution is -2.24. The summed E-state index contributed by atoms with van der Waals surface area (Å²) in [7, 11) is 4.71. The zero-order chi connectivity index (χ0) is 10.1. The molecule has 1 aliphatic heterocycles. The number of piperidine rings is 1. The number of hydrogen-bond acceptors (Lipinski definition) is 4. The predicted octanol–water partition coefficient (Wildman–Crippen LogP) is 1.50. The Morgan fingerprint density at radius 2 is 1.54 bits per heavy atom. The van der Waals surface area contributed by atoms with Crippen molar-refractivity contribution in [1.29, 1.82) is 0 Å². The summed E-state index contributed by atoms with van der Waals surface area (Å²) in [4.78, 5) is 12.1. The first kappa shape index (κ1) is 12.2. The van der Waals surface area contributed by atoms with Crippen molar-refractivity contribution in [3.05, 3.63) is 0 Å². The fourth-order valence-corrected chi connectivity index (χ4v) is 1.14. The summed E-state index contributed by atoms with van der Waals surface area (Å²) in [5, 5.41) is 0. The lowest BCUT2D eigenvalue weighted by molar-refractivity contribution is 0.0924. The summed E-state index contributed by atoms with van der Waals surface area (Å²) in [5.74, 6) is 0. The molecule has 1 heterocycles. The van der Waals surface area contributed by atoms with Crippen LogP contribution < -0.4 is 0 Å². The topological polar surface area (TPSA) is 38.8 Å². The van der Waals surface area contributed by atoms with E-state index in [1.54, 1.807) is 0 Å². The summed E-state index contributed by atoms with van der Waals surface area (Å²) in [5.41, 5.74) is 0. The molecule has 78 valence electrons. The van der Waals surface area contributed by atoms with E-state index in [0.29, 0.717) is 0 Å². The summed E-state index contributed by atoms with van der Waals surface area (Å²) in [6.07, 6.45) is 3.62. The van der Waals surface area contributed by atoms with E-state index in [2.05, 4.69) is 21.4 Å². The van der Waals surface area contributed by atoms with E-state index in [1.807, 2.05) is 0 Å². The molecule has 1 aliphatic rings. The number of likely N-dealkylation sites (tertiary alicyclic amines) is 1. The number of methoxy groups -OCH3 is 2. The molecule has 0 aliphatic carbocycles. The first-order valence-corrected chi connectivity index (χ1v) is 4.51. The van der Waals surface area contributed by atoms with E-state index in [4.69, 9.17) is 0 Å². The molecule has 0 aromatic rings. The van der Waals surface area contributed by atoms with Gasteiger partial charge < -0.3 is 14.4 Å². The van der Waals surface area contributed by atoms with E-state index in [1.165, 1.54) is 46.6 Å². The molecule has 0 aromatic heterocycles. The van der Waals surface area contributed by atoms with E-state index in [0.717, 1.165) is 0 Å². The van der Waals surface area contributed by atoms with Crippen LogP contribution in [-0.2, 0) is 9.47 Å². The Bertz CT molecular complexity index is 127. The third-order valence-corrected chi connectivity index (χ3v) is 1.91. The maximum absolute atomic E-state index is 9.74. The molecule has 0 bridgehead atoms. The molecule has 0 atom stereocenters. The Hall–Kier alpha value is -0.770. The number of rotatable bonds is 0. The van der Waals surface area contributed by atoms with Crippen molar-refractivity contribution in [2.24, 2.45) is 0 Å². The second kappa shape index (κ2) is 7.86. The monoisotopic (exact) mass is 189 g/mol. The van der Waals surface area contributed by atoms with Gasteiger partial charge in [-0.2, -0.15) is 0 Å². The van der Waals surface area contributed by atoms with Gasteiger partial charge in [0.25, 0.3) is 0 Å². The van der Waals surface area contributed by atoms with Crippen LogP contribution in [0.4, 0.5) is 4.79 Å². The minimum absolute atomic E-state index is 0.657. The van der Waals surface area contributed by atoms with E-state index < -0.39 is 6.16 Å². The van der Waals surface area contributed by atoms with Gasteiger partial charge in [0, 0.05) is 0 Å². The molecule has 0 unspecified atom stereocenters. The summed E-state index contributed by atoms with van der Waals surface area (Å²) in [6.45, 7) is 2.64. The van der Waals surface area contributed by atoms with Crippen LogP contribution in [0.3, 0.4) is 0 Å². The van der Waals surface area contributed by atoms with E-state index in [9.17, 15) is 4.79 Å². The average molecular weight is 189 g/mol. The third kappa shape index (κ3) is 7.59. The maximum atomic E-state index is 9.74. The lowest BCUT2D eigenvalue weighted by Gasteiger charge is -2.20. The summed E-state index contributed by atoms with van der Waals surface area (Å²) >= 11 is 0. The SMILES string of the molecule is CN1CCCCC1.COC(=O)OC. The zero-order valence-electron chi connectivity index (χ0n) is 8.71. The minimum Gasteiger partial charge on any atom is -0.438 e. The fourth-order valence-electron chi connectivity index (χ4n) is 1.14. The van der Waals surface area contributed by atoms with Crippen molar-refractivity contribution in [1.82, 2.24) is 4.90 Å². The van der Waals surface area contributed by atoms with Gasteiger partial charge in [-0.05, 0) is 33.0 Å². The smallest absolute Gasteiger partial charge is 0.438 e. The zero-order valence-corrected chi connectivity index (χ0v) is 8.71. The van der Waals surface area contributed by atoms with Crippen LogP contribution in [0.5, 0.6) is 0 Å². The van der Waals surface area contributed by atoms with Crippen LogP contribution >= 0.6 is 0 Å². The Labute approximate surface area is 79.8 Å². The molecule has 13 heavy (non-hydrogen) atoms. The summed E-state index contributed by atoms with van der Waals surface area (Å²) < 4.78 is 8.08.